The summed E-state index contributed by atoms with van der Waals surface area (Å²) in [5.74, 6) is -0.627. The average molecular weight is 565 g/mol. The summed E-state index contributed by atoms with van der Waals surface area (Å²) < 4.78 is 52.2. The molecule has 1 amide bonds. The molecule has 0 bridgehead atoms. The SMILES string of the molecule is Cc1ccc(Cn2cc(C(=O)NCc3ccc(S(C)(=O)=O)cc3)c(=O)c(-c3cccc(C(F)F)c3)c2C)c(C)c1. The van der Waals surface area contributed by atoms with Crippen LogP contribution >= 0.6 is 0 Å². The van der Waals surface area contributed by atoms with Crippen molar-refractivity contribution in [3.8, 4) is 11.1 Å². The number of pyridine rings is 1. The maximum Gasteiger partial charge on any atom is 0.263 e. The number of benzene rings is 3. The lowest BCUT2D eigenvalue weighted by molar-refractivity contribution is 0.0949. The van der Waals surface area contributed by atoms with Crippen molar-refractivity contribution in [2.75, 3.05) is 6.26 Å². The van der Waals surface area contributed by atoms with E-state index in [1.54, 1.807) is 29.7 Å². The molecule has 0 aliphatic carbocycles. The third kappa shape index (κ3) is 6.37. The summed E-state index contributed by atoms with van der Waals surface area (Å²) in [7, 11) is -3.36. The number of nitrogens with one attached hydrogen (secondary N) is 1. The normalized spacial score (nSPS) is 11.6. The topological polar surface area (TPSA) is 85.2 Å². The quantitative estimate of drug-likeness (QED) is 0.295. The highest BCUT2D eigenvalue weighted by atomic mass is 32.2. The first kappa shape index (κ1) is 28.9. The van der Waals surface area contributed by atoms with E-state index in [9.17, 15) is 26.8 Å². The maximum absolute atomic E-state index is 13.7. The molecule has 0 unspecified atom stereocenters. The molecule has 0 spiro atoms. The van der Waals surface area contributed by atoms with Crippen LogP contribution in [0.2, 0.25) is 0 Å². The molecular weight excluding hydrogens is 534 g/mol. The van der Waals surface area contributed by atoms with Gasteiger partial charge >= 0.3 is 0 Å². The van der Waals surface area contributed by atoms with Gasteiger partial charge in [0.2, 0.25) is 5.43 Å². The number of carbonyl (C=O) groups is 1. The highest BCUT2D eigenvalue weighted by molar-refractivity contribution is 7.90. The van der Waals surface area contributed by atoms with Gasteiger partial charge in [-0.25, -0.2) is 17.2 Å². The Morgan fingerprint density at radius 1 is 0.975 bits per heavy atom. The summed E-state index contributed by atoms with van der Waals surface area (Å²) in [6.45, 7) is 6.14. The molecule has 0 aliphatic heterocycles. The Labute approximate surface area is 232 Å². The van der Waals surface area contributed by atoms with Gasteiger partial charge in [0.1, 0.15) is 5.56 Å². The van der Waals surface area contributed by atoms with Crippen LogP contribution in [-0.4, -0.2) is 25.1 Å². The molecule has 0 atom stereocenters. The first-order valence-electron chi connectivity index (χ1n) is 12.6. The molecule has 9 heteroatoms. The third-order valence-electron chi connectivity index (χ3n) is 6.86. The van der Waals surface area contributed by atoms with Gasteiger partial charge in [-0.05, 0) is 61.2 Å². The molecule has 40 heavy (non-hydrogen) atoms. The molecule has 1 aromatic heterocycles. The molecule has 4 rings (SSSR count). The number of aryl methyl sites for hydroxylation is 2. The minimum absolute atomic E-state index is 0.0590. The van der Waals surface area contributed by atoms with E-state index in [1.807, 2.05) is 32.0 Å². The van der Waals surface area contributed by atoms with Crippen LogP contribution in [0.1, 0.15) is 50.3 Å². The zero-order chi connectivity index (χ0) is 29.2. The predicted octanol–water partition coefficient (Wildman–Crippen LogP) is 5.76. The van der Waals surface area contributed by atoms with Crippen molar-refractivity contribution in [3.05, 3.63) is 122 Å². The maximum atomic E-state index is 13.7. The van der Waals surface area contributed by atoms with Crippen LogP contribution in [-0.2, 0) is 22.9 Å². The summed E-state index contributed by atoms with van der Waals surface area (Å²) >= 11 is 0. The fourth-order valence-corrected chi connectivity index (χ4v) is 5.22. The van der Waals surface area contributed by atoms with E-state index >= 15 is 0 Å². The largest absolute Gasteiger partial charge is 0.348 e. The molecule has 0 saturated heterocycles. The minimum atomic E-state index is -3.36. The highest BCUT2D eigenvalue weighted by Crippen LogP contribution is 2.27. The summed E-state index contributed by atoms with van der Waals surface area (Å²) in [4.78, 5) is 27.1. The fourth-order valence-electron chi connectivity index (χ4n) is 4.59. The molecule has 0 fully saturated rings. The number of hydrogen-bond acceptors (Lipinski definition) is 4. The Kier molecular flexibility index (Phi) is 8.34. The second-order valence-corrected chi connectivity index (χ2v) is 11.9. The molecule has 0 aliphatic rings. The van der Waals surface area contributed by atoms with E-state index < -0.39 is 27.6 Å². The molecule has 0 radical (unpaired) electrons. The van der Waals surface area contributed by atoms with E-state index in [0.29, 0.717) is 23.4 Å². The molecule has 4 aromatic rings. The standard InChI is InChI=1S/C31H30F2N2O4S/c1-19-8-11-25(20(2)14-19)17-35-18-27(31(37)34-16-22-9-12-26(13-10-22)40(4,38)39)29(36)28(21(35)3)23-6-5-7-24(15-23)30(32)33/h5-15,18,30H,16-17H2,1-4H3,(H,34,37). The number of alkyl halides is 2. The van der Waals surface area contributed by atoms with E-state index in [-0.39, 0.29) is 28.1 Å². The first-order chi connectivity index (χ1) is 18.8. The third-order valence-corrected chi connectivity index (χ3v) is 7.99. The van der Waals surface area contributed by atoms with Gasteiger partial charge in [-0.15, -0.1) is 0 Å². The first-order valence-corrected chi connectivity index (χ1v) is 14.5. The molecular formula is C31H30F2N2O4S. The van der Waals surface area contributed by atoms with Crippen molar-refractivity contribution in [3.63, 3.8) is 0 Å². The van der Waals surface area contributed by atoms with Gasteiger partial charge in [0.25, 0.3) is 12.3 Å². The van der Waals surface area contributed by atoms with E-state index in [4.69, 9.17) is 0 Å². The number of hydrogen-bond donors (Lipinski definition) is 1. The Hall–Kier alpha value is -4.11. The summed E-state index contributed by atoms with van der Waals surface area (Å²) in [5.41, 5.74) is 3.91. The van der Waals surface area contributed by atoms with E-state index in [0.717, 1.165) is 22.9 Å². The van der Waals surface area contributed by atoms with Gasteiger partial charge in [0.05, 0.1) is 4.90 Å². The van der Waals surface area contributed by atoms with Gasteiger partial charge in [0, 0.05) is 42.4 Å². The van der Waals surface area contributed by atoms with Crippen LogP contribution in [0.15, 0.2) is 82.6 Å². The van der Waals surface area contributed by atoms with Crippen molar-refractivity contribution in [1.82, 2.24) is 9.88 Å². The number of halogens is 2. The smallest absolute Gasteiger partial charge is 0.263 e. The van der Waals surface area contributed by atoms with Gasteiger partial charge in [0.15, 0.2) is 9.84 Å². The lowest BCUT2D eigenvalue weighted by Crippen LogP contribution is -2.31. The highest BCUT2D eigenvalue weighted by Gasteiger charge is 2.21. The second-order valence-electron chi connectivity index (χ2n) is 9.92. The summed E-state index contributed by atoms with van der Waals surface area (Å²) in [6.07, 6.45) is -0.100. The summed E-state index contributed by atoms with van der Waals surface area (Å²) in [6, 6.07) is 17.7. The van der Waals surface area contributed by atoms with Crippen LogP contribution < -0.4 is 10.7 Å². The lowest BCUT2D eigenvalue weighted by atomic mass is 9.98. The van der Waals surface area contributed by atoms with Crippen LogP contribution in [0.4, 0.5) is 8.78 Å². The predicted molar refractivity (Wildman–Crippen MR) is 152 cm³/mol. The van der Waals surface area contributed by atoms with Crippen molar-refractivity contribution in [2.45, 2.75) is 45.2 Å². The Bertz CT molecular complexity index is 1740. The number of amides is 1. The molecule has 208 valence electrons. The van der Waals surface area contributed by atoms with Crippen molar-refractivity contribution in [2.24, 2.45) is 0 Å². The van der Waals surface area contributed by atoms with Gasteiger partial charge in [-0.1, -0.05) is 54.1 Å². The second kappa shape index (κ2) is 11.6. The average Bonchev–Trinajstić information content (AvgIpc) is 2.90. The minimum Gasteiger partial charge on any atom is -0.348 e. The van der Waals surface area contributed by atoms with E-state index in [2.05, 4.69) is 5.32 Å². The Morgan fingerprint density at radius 3 is 2.30 bits per heavy atom. The van der Waals surface area contributed by atoms with Crippen LogP contribution in [0, 0.1) is 20.8 Å². The monoisotopic (exact) mass is 564 g/mol. The van der Waals surface area contributed by atoms with Crippen molar-refractivity contribution < 1.29 is 22.0 Å². The number of sulfone groups is 1. The van der Waals surface area contributed by atoms with Crippen LogP contribution in [0.25, 0.3) is 11.1 Å². The molecule has 1 heterocycles. The fraction of sp³-hybridized carbons (Fsp3) is 0.226. The van der Waals surface area contributed by atoms with Gasteiger partial charge in [-0.2, -0.15) is 0 Å². The lowest BCUT2D eigenvalue weighted by Gasteiger charge is -2.19. The molecule has 3 aromatic carbocycles. The van der Waals surface area contributed by atoms with Crippen molar-refractivity contribution >= 4 is 15.7 Å². The van der Waals surface area contributed by atoms with Gasteiger partial charge < -0.3 is 9.88 Å². The number of carbonyl (C=O) groups excluding carboxylic acids is 1. The van der Waals surface area contributed by atoms with Crippen molar-refractivity contribution in [1.29, 1.82) is 0 Å². The molecule has 0 saturated carbocycles. The van der Waals surface area contributed by atoms with Crippen LogP contribution in [0.3, 0.4) is 0 Å². The number of rotatable bonds is 8. The van der Waals surface area contributed by atoms with Gasteiger partial charge in [-0.3, -0.25) is 9.59 Å². The van der Waals surface area contributed by atoms with E-state index in [1.165, 1.54) is 36.5 Å². The summed E-state index contributed by atoms with van der Waals surface area (Å²) in [5, 5.41) is 2.73. The molecule has 1 N–H and O–H groups in total. The van der Waals surface area contributed by atoms with Crippen LogP contribution in [0.5, 0.6) is 0 Å². The number of aromatic nitrogens is 1. The zero-order valence-corrected chi connectivity index (χ0v) is 23.5. The molecule has 6 nitrogen and oxygen atoms in total. The Balaban J connectivity index is 1.76. The zero-order valence-electron chi connectivity index (χ0n) is 22.7. The Morgan fingerprint density at radius 2 is 1.68 bits per heavy atom. The number of nitrogens with zero attached hydrogens (tertiary/aromatic N) is 1.